The molecular weight excluding hydrogens is 396 g/mol. The van der Waals surface area contributed by atoms with E-state index in [2.05, 4.69) is 10.2 Å². The Kier molecular flexibility index (Phi) is 5.71. The van der Waals surface area contributed by atoms with Gasteiger partial charge >= 0.3 is 0 Å². The number of halogens is 1. The predicted octanol–water partition coefficient (Wildman–Crippen LogP) is 3.15. The van der Waals surface area contributed by atoms with Crippen LogP contribution in [0.25, 0.3) is 11.0 Å². The highest BCUT2D eigenvalue weighted by molar-refractivity contribution is 6.32. The first-order valence-electron chi connectivity index (χ1n) is 9.40. The van der Waals surface area contributed by atoms with Gasteiger partial charge in [-0.2, -0.15) is 0 Å². The van der Waals surface area contributed by atoms with Crippen LogP contribution in [0.3, 0.4) is 0 Å². The van der Waals surface area contributed by atoms with Crippen LogP contribution in [0.4, 0.5) is 0 Å². The highest BCUT2D eigenvalue weighted by Crippen LogP contribution is 2.23. The van der Waals surface area contributed by atoms with Crippen LogP contribution in [0.5, 0.6) is 0 Å². The zero-order valence-electron chi connectivity index (χ0n) is 15.9. The van der Waals surface area contributed by atoms with Gasteiger partial charge in [-0.1, -0.05) is 11.6 Å². The molecule has 0 spiro atoms. The molecule has 1 N–H and O–H groups in total. The SMILES string of the molecule is Cc1cc2oc(C(=O)NC[C@H](c3ccco3)N3CCOCC3)cc(=O)c2cc1Cl. The van der Waals surface area contributed by atoms with E-state index >= 15 is 0 Å². The Balaban J connectivity index is 1.55. The molecule has 1 aromatic carbocycles. The summed E-state index contributed by atoms with van der Waals surface area (Å²) in [6, 6.07) is 7.99. The minimum atomic E-state index is -0.457. The third kappa shape index (κ3) is 4.22. The number of carbonyl (C=O) groups is 1. The quantitative estimate of drug-likeness (QED) is 0.687. The van der Waals surface area contributed by atoms with Gasteiger partial charge in [-0.05, 0) is 36.8 Å². The Morgan fingerprint density at radius 2 is 2.07 bits per heavy atom. The molecule has 0 radical (unpaired) electrons. The number of benzene rings is 1. The van der Waals surface area contributed by atoms with Crippen LogP contribution in [0.2, 0.25) is 5.02 Å². The first-order chi connectivity index (χ1) is 14.0. The van der Waals surface area contributed by atoms with Gasteiger partial charge in [0, 0.05) is 30.7 Å². The zero-order chi connectivity index (χ0) is 20.4. The Morgan fingerprint density at radius 3 is 2.79 bits per heavy atom. The molecule has 2 aromatic heterocycles. The molecule has 0 unspecified atom stereocenters. The maximum atomic E-state index is 12.7. The molecule has 8 heteroatoms. The zero-order valence-corrected chi connectivity index (χ0v) is 16.7. The average molecular weight is 417 g/mol. The topological polar surface area (TPSA) is 84.9 Å². The maximum absolute atomic E-state index is 12.7. The van der Waals surface area contributed by atoms with Gasteiger partial charge in [0.1, 0.15) is 11.3 Å². The standard InChI is InChI=1S/C21H21ClN2O5/c1-13-9-19-14(10-15(13)22)17(25)11-20(29-19)21(26)23-12-16(18-3-2-6-28-18)24-4-7-27-8-5-24/h2-3,6,9-11,16H,4-5,7-8,12H2,1H3,(H,23,26)/t16-/m1/s1. The minimum absolute atomic E-state index is 0.0376. The Bertz CT molecular complexity index is 1070. The largest absolute Gasteiger partial charge is 0.468 e. The Morgan fingerprint density at radius 1 is 1.28 bits per heavy atom. The van der Waals surface area contributed by atoms with Gasteiger partial charge in [0.05, 0.1) is 30.9 Å². The molecule has 152 valence electrons. The lowest BCUT2D eigenvalue weighted by Crippen LogP contribution is -2.43. The van der Waals surface area contributed by atoms with Gasteiger partial charge in [-0.3, -0.25) is 14.5 Å². The van der Waals surface area contributed by atoms with Gasteiger partial charge in [-0.25, -0.2) is 0 Å². The normalized spacial score (nSPS) is 16.1. The van der Waals surface area contributed by atoms with Gasteiger partial charge in [0.15, 0.2) is 11.2 Å². The third-order valence-corrected chi connectivity index (χ3v) is 5.45. The molecule has 1 amide bonds. The molecule has 0 saturated carbocycles. The number of furan rings is 1. The number of ether oxygens (including phenoxy) is 1. The summed E-state index contributed by atoms with van der Waals surface area (Å²) in [4.78, 5) is 27.3. The van der Waals surface area contributed by atoms with E-state index in [1.54, 1.807) is 18.4 Å². The highest BCUT2D eigenvalue weighted by Gasteiger charge is 2.26. The maximum Gasteiger partial charge on any atom is 0.287 e. The number of hydrogen-bond acceptors (Lipinski definition) is 6. The number of nitrogens with one attached hydrogen (secondary N) is 1. The summed E-state index contributed by atoms with van der Waals surface area (Å²) in [7, 11) is 0. The van der Waals surface area contributed by atoms with Crippen molar-refractivity contribution in [3.05, 3.63) is 68.9 Å². The fourth-order valence-electron chi connectivity index (χ4n) is 3.44. The molecule has 0 bridgehead atoms. The van der Waals surface area contributed by atoms with E-state index in [4.69, 9.17) is 25.2 Å². The first kappa shape index (κ1) is 19.7. The van der Waals surface area contributed by atoms with Crippen LogP contribution in [-0.4, -0.2) is 43.7 Å². The predicted molar refractivity (Wildman–Crippen MR) is 108 cm³/mol. The van der Waals surface area contributed by atoms with Crippen LogP contribution in [-0.2, 0) is 4.74 Å². The summed E-state index contributed by atoms with van der Waals surface area (Å²) in [6.45, 7) is 4.87. The van der Waals surface area contributed by atoms with Crippen LogP contribution < -0.4 is 10.7 Å². The lowest BCUT2D eigenvalue weighted by Gasteiger charge is -2.33. The molecular formula is C21H21ClN2O5. The smallest absolute Gasteiger partial charge is 0.287 e. The molecule has 3 aromatic rings. The molecule has 1 saturated heterocycles. The summed E-state index contributed by atoms with van der Waals surface area (Å²) in [6.07, 6.45) is 1.61. The summed E-state index contributed by atoms with van der Waals surface area (Å²) in [5.41, 5.74) is 0.791. The summed E-state index contributed by atoms with van der Waals surface area (Å²) < 4.78 is 16.7. The minimum Gasteiger partial charge on any atom is -0.468 e. The van der Waals surface area contributed by atoms with Crippen LogP contribution in [0, 0.1) is 6.92 Å². The van der Waals surface area contributed by atoms with Crippen molar-refractivity contribution in [3.63, 3.8) is 0 Å². The molecule has 3 heterocycles. The average Bonchev–Trinajstić information content (AvgIpc) is 3.25. The summed E-state index contributed by atoms with van der Waals surface area (Å²) in [5.74, 6) is 0.267. The second kappa shape index (κ2) is 8.41. The van der Waals surface area contributed by atoms with Crippen LogP contribution >= 0.6 is 11.6 Å². The number of carbonyl (C=O) groups excluding carboxylic acids is 1. The number of fused-ring (bicyclic) bond motifs is 1. The number of hydrogen-bond donors (Lipinski definition) is 1. The molecule has 7 nitrogen and oxygen atoms in total. The monoisotopic (exact) mass is 416 g/mol. The first-order valence-corrected chi connectivity index (χ1v) is 9.78. The summed E-state index contributed by atoms with van der Waals surface area (Å²) >= 11 is 6.09. The van der Waals surface area contributed by atoms with E-state index < -0.39 is 5.91 Å². The van der Waals surface area contributed by atoms with Crippen molar-refractivity contribution in [1.82, 2.24) is 10.2 Å². The van der Waals surface area contributed by atoms with E-state index in [9.17, 15) is 9.59 Å². The van der Waals surface area contributed by atoms with Crippen molar-refractivity contribution in [2.75, 3.05) is 32.8 Å². The highest BCUT2D eigenvalue weighted by atomic mass is 35.5. The van der Waals surface area contributed by atoms with Crippen molar-refractivity contribution >= 4 is 28.5 Å². The van der Waals surface area contributed by atoms with Crippen LogP contribution in [0.1, 0.15) is 27.9 Å². The Labute approximate surface area is 172 Å². The van der Waals surface area contributed by atoms with Crippen molar-refractivity contribution < 1.29 is 18.4 Å². The Hall–Kier alpha value is -2.61. The van der Waals surface area contributed by atoms with Gasteiger partial charge in [0.25, 0.3) is 5.91 Å². The van der Waals surface area contributed by atoms with Crippen molar-refractivity contribution in [2.24, 2.45) is 0 Å². The van der Waals surface area contributed by atoms with Gasteiger partial charge in [0.2, 0.25) is 0 Å². The number of aryl methyl sites for hydroxylation is 1. The lowest BCUT2D eigenvalue weighted by molar-refractivity contribution is 0.0117. The number of amides is 1. The lowest BCUT2D eigenvalue weighted by atomic mass is 10.1. The second-order valence-electron chi connectivity index (χ2n) is 6.96. The molecule has 1 atom stereocenters. The fraction of sp³-hybridized carbons (Fsp3) is 0.333. The molecule has 29 heavy (non-hydrogen) atoms. The van der Waals surface area contributed by atoms with E-state index in [1.165, 1.54) is 6.07 Å². The van der Waals surface area contributed by atoms with Crippen molar-refractivity contribution in [2.45, 2.75) is 13.0 Å². The second-order valence-corrected chi connectivity index (χ2v) is 7.37. The van der Waals surface area contributed by atoms with E-state index in [-0.39, 0.29) is 17.2 Å². The molecule has 1 fully saturated rings. The molecule has 1 aliphatic rings. The summed E-state index contributed by atoms with van der Waals surface area (Å²) in [5, 5.41) is 3.69. The van der Waals surface area contributed by atoms with E-state index in [0.717, 1.165) is 24.4 Å². The van der Waals surface area contributed by atoms with Gasteiger partial charge in [-0.15, -0.1) is 0 Å². The third-order valence-electron chi connectivity index (χ3n) is 5.05. The fourth-order valence-corrected chi connectivity index (χ4v) is 3.61. The molecule has 0 aliphatic carbocycles. The van der Waals surface area contributed by atoms with Crippen molar-refractivity contribution in [3.8, 4) is 0 Å². The number of rotatable bonds is 5. The van der Waals surface area contributed by atoms with Gasteiger partial charge < -0.3 is 18.9 Å². The number of nitrogens with zero attached hydrogens (tertiary/aromatic N) is 1. The van der Waals surface area contributed by atoms with Crippen molar-refractivity contribution in [1.29, 1.82) is 0 Å². The van der Waals surface area contributed by atoms with Crippen LogP contribution in [0.15, 0.2) is 50.2 Å². The number of morpholine rings is 1. The van der Waals surface area contributed by atoms with E-state index in [1.807, 2.05) is 19.1 Å². The molecule has 4 rings (SSSR count). The molecule has 1 aliphatic heterocycles. The van der Waals surface area contributed by atoms with E-state index in [0.29, 0.717) is 35.8 Å².